The van der Waals surface area contributed by atoms with Crippen molar-refractivity contribution in [3.8, 4) is 17.2 Å². The van der Waals surface area contributed by atoms with E-state index in [-0.39, 0.29) is 6.10 Å². The second-order valence-electron chi connectivity index (χ2n) is 8.79. The summed E-state index contributed by atoms with van der Waals surface area (Å²) in [4.78, 5) is 25.2. The summed E-state index contributed by atoms with van der Waals surface area (Å²) in [6, 6.07) is 15.8. The van der Waals surface area contributed by atoms with Gasteiger partial charge in [-0.25, -0.2) is 5.84 Å². The molecule has 3 N–H and O–H groups in total. The standard InChI is InChI=1S/C20H18ClNO3.C7H12N4O2/c1-23-18-7-3-6-15(20(18)24-2)19-16-11-13(21)8-9-17(16)22-10-4-5-14(22)12-25-19;1-2-9-5(10-8)7(3-4-7)6(12)11-13/h3-11,19H,12H2,1-2H3;2-4,8H2,1H3,(H,9,10). The number of fused-ring (bicyclic) bond motifs is 3. The quantitative estimate of drug-likeness (QED) is 0.152. The molecule has 1 aromatic heterocycles. The maximum Gasteiger partial charge on any atom is 0.299 e. The number of nitrogens with one attached hydrogen (secondary N) is 1. The van der Waals surface area contributed by atoms with Crippen LogP contribution in [0.4, 0.5) is 0 Å². The summed E-state index contributed by atoms with van der Waals surface area (Å²) in [5, 5.41) is 3.08. The molecule has 1 amide bonds. The minimum atomic E-state index is -0.827. The summed E-state index contributed by atoms with van der Waals surface area (Å²) < 4.78 is 19.5. The molecule has 11 heteroatoms. The number of hydrazine groups is 1. The van der Waals surface area contributed by atoms with E-state index in [1.807, 2.05) is 55.6 Å². The molecular weight excluding hydrogens is 510 g/mol. The van der Waals surface area contributed by atoms with Crippen LogP contribution in [0.15, 0.2) is 64.9 Å². The van der Waals surface area contributed by atoms with Gasteiger partial charge >= 0.3 is 0 Å². The van der Waals surface area contributed by atoms with Gasteiger partial charge in [-0.15, -0.1) is 4.91 Å². The monoisotopic (exact) mass is 539 g/mol. The van der Waals surface area contributed by atoms with Crippen LogP contribution in [0.25, 0.3) is 5.69 Å². The van der Waals surface area contributed by atoms with E-state index in [4.69, 9.17) is 31.7 Å². The number of nitrogens with zero attached hydrogens (tertiary/aromatic N) is 3. The van der Waals surface area contributed by atoms with Gasteiger partial charge in [-0.3, -0.25) is 9.79 Å². The highest BCUT2D eigenvalue weighted by atomic mass is 35.5. The molecule has 1 fully saturated rings. The molecule has 0 radical (unpaired) electrons. The molecular formula is C27H30ClN5O5. The van der Waals surface area contributed by atoms with E-state index in [1.54, 1.807) is 14.2 Å². The second-order valence-corrected chi connectivity index (χ2v) is 9.23. The largest absolute Gasteiger partial charge is 0.493 e. The second kappa shape index (κ2) is 11.8. The van der Waals surface area contributed by atoms with Gasteiger partial charge in [0.2, 0.25) is 0 Å². The summed E-state index contributed by atoms with van der Waals surface area (Å²) in [6.07, 6.45) is 2.93. The topological polar surface area (TPSA) is 130 Å². The maximum atomic E-state index is 11.1. The molecule has 5 rings (SSSR count). The molecule has 1 aliphatic heterocycles. The molecule has 1 atom stereocenters. The highest BCUT2D eigenvalue weighted by Gasteiger charge is 2.55. The molecule has 1 unspecified atom stereocenters. The third-order valence-corrected chi connectivity index (χ3v) is 6.86. The number of hydrogen-bond acceptors (Lipinski definition) is 7. The number of carbonyl (C=O) groups is 1. The predicted octanol–water partition coefficient (Wildman–Crippen LogP) is 4.71. The van der Waals surface area contributed by atoms with Gasteiger partial charge < -0.3 is 24.2 Å². The van der Waals surface area contributed by atoms with Crippen molar-refractivity contribution in [1.29, 1.82) is 0 Å². The van der Waals surface area contributed by atoms with Gasteiger partial charge in [0.25, 0.3) is 5.91 Å². The van der Waals surface area contributed by atoms with Crippen LogP contribution in [-0.4, -0.2) is 37.1 Å². The Hall–Kier alpha value is -3.73. The van der Waals surface area contributed by atoms with Crippen LogP contribution in [0.5, 0.6) is 11.5 Å². The van der Waals surface area contributed by atoms with Crippen molar-refractivity contribution in [3.63, 3.8) is 0 Å². The van der Waals surface area contributed by atoms with Gasteiger partial charge in [0.1, 0.15) is 17.4 Å². The molecule has 0 saturated heterocycles. The number of halogens is 1. The third kappa shape index (κ3) is 5.15. The number of nitrogens with two attached hydrogens (primary N) is 1. The van der Waals surface area contributed by atoms with Crippen molar-refractivity contribution in [1.82, 2.24) is 9.99 Å². The lowest BCUT2D eigenvalue weighted by atomic mass is 9.98. The van der Waals surface area contributed by atoms with Gasteiger partial charge in [0.05, 0.1) is 26.5 Å². The van der Waals surface area contributed by atoms with Crippen molar-refractivity contribution >= 4 is 23.3 Å². The zero-order valence-electron chi connectivity index (χ0n) is 21.4. The number of carbonyl (C=O) groups excluding carboxylic acids is 1. The number of aromatic nitrogens is 1. The van der Waals surface area contributed by atoms with E-state index in [0.29, 0.717) is 48.4 Å². The number of rotatable bonds is 6. The van der Waals surface area contributed by atoms with Crippen LogP contribution < -0.4 is 20.7 Å². The lowest BCUT2D eigenvalue weighted by Gasteiger charge is -2.22. The van der Waals surface area contributed by atoms with Crippen molar-refractivity contribution < 1.29 is 19.0 Å². The van der Waals surface area contributed by atoms with E-state index in [1.165, 1.54) is 0 Å². The zero-order chi connectivity index (χ0) is 27.3. The number of para-hydroxylation sites is 1. The normalized spacial score (nSPS) is 17.1. The van der Waals surface area contributed by atoms with Gasteiger partial charge in [-0.05, 0) is 56.2 Å². The summed E-state index contributed by atoms with van der Waals surface area (Å²) >= 11 is 6.30. The first-order chi connectivity index (χ1) is 18.4. The molecule has 2 aromatic carbocycles. The van der Waals surface area contributed by atoms with E-state index < -0.39 is 11.3 Å². The van der Waals surface area contributed by atoms with Crippen molar-refractivity contribution in [3.05, 3.63) is 81.5 Å². The number of methoxy groups -OCH3 is 2. The van der Waals surface area contributed by atoms with E-state index in [0.717, 1.165) is 22.5 Å². The van der Waals surface area contributed by atoms with Gasteiger partial charge in [0, 0.05) is 39.8 Å². The molecule has 1 aliphatic carbocycles. The molecule has 1 saturated carbocycles. The molecule has 3 aromatic rings. The fourth-order valence-corrected chi connectivity index (χ4v) is 4.80. The van der Waals surface area contributed by atoms with Gasteiger partial charge in [-0.2, -0.15) is 0 Å². The minimum Gasteiger partial charge on any atom is -0.493 e. The average molecular weight is 540 g/mol. The first-order valence-electron chi connectivity index (χ1n) is 12.1. The summed E-state index contributed by atoms with van der Waals surface area (Å²) in [5.74, 6) is 6.24. The molecule has 0 spiro atoms. The first kappa shape index (κ1) is 27.3. The van der Waals surface area contributed by atoms with E-state index in [9.17, 15) is 9.70 Å². The Labute approximate surface area is 225 Å². The average Bonchev–Trinajstić information content (AvgIpc) is 3.65. The Morgan fingerprint density at radius 3 is 2.61 bits per heavy atom. The molecule has 0 bridgehead atoms. The summed E-state index contributed by atoms with van der Waals surface area (Å²) in [6.45, 7) is 2.84. The Bertz CT molecular complexity index is 1350. The highest BCUT2D eigenvalue weighted by Crippen LogP contribution is 2.47. The van der Waals surface area contributed by atoms with E-state index in [2.05, 4.69) is 26.2 Å². The van der Waals surface area contributed by atoms with Crippen LogP contribution in [0.3, 0.4) is 0 Å². The summed E-state index contributed by atoms with van der Waals surface area (Å²) in [5.41, 5.74) is 5.58. The SMILES string of the molecule is CCN=C(NN)C1(C(=O)N=O)CC1.COc1cccc(C2OCc3cccn3-c3ccc(Cl)cc32)c1OC. The van der Waals surface area contributed by atoms with E-state index >= 15 is 0 Å². The fourth-order valence-electron chi connectivity index (χ4n) is 4.62. The van der Waals surface area contributed by atoms with Crippen LogP contribution >= 0.6 is 11.6 Å². The maximum absolute atomic E-state index is 11.1. The molecule has 10 nitrogen and oxygen atoms in total. The van der Waals surface area contributed by atoms with Crippen molar-refractivity contribution in [2.45, 2.75) is 32.5 Å². The third-order valence-electron chi connectivity index (χ3n) is 6.63. The van der Waals surface area contributed by atoms with Crippen LogP contribution in [0.2, 0.25) is 5.02 Å². The van der Waals surface area contributed by atoms with Gasteiger partial charge in [0.15, 0.2) is 11.5 Å². The number of ether oxygens (including phenoxy) is 3. The van der Waals surface area contributed by atoms with Crippen LogP contribution in [0.1, 0.15) is 42.7 Å². The van der Waals surface area contributed by atoms with Gasteiger partial charge in [-0.1, -0.05) is 23.7 Å². The summed E-state index contributed by atoms with van der Waals surface area (Å²) in [7, 11) is 3.27. The van der Waals surface area contributed by atoms with Crippen molar-refractivity contribution in [2.24, 2.45) is 21.4 Å². The Kier molecular flexibility index (Phi) is 8.45. The lowest BCUT2D eigenvalue weighted by molar-refractivity contribution is -0.120. The van der Waals surface area contributed by atoms with Crippen molar-refractivity contribution in [2.75, 3.05) is 20.8 Å². The Morgan fingerprint density at radius 2 is 1.97 bits per heavy atom. The molecule has 200 valence electrons. The lowest BCUT2D eigenvalue weighted by Crippen LogP contribution is -2.40. The number of hydrogen-bond donors (Lipinski definition) is 2. The smallest absolute Gasteiger partial charge is 0.299 e. The number of amidine groups is 1. The Balaban J connectivity index is 0.000000219. The molecule has 2 aliphatic rings. The van der Waals surface area contributed by atoms with Crippen LogP contribution in [0, 0.1) is 10.3 Å². The Morgan fingerprint density at radius 1 is 1.18 bits per heavy atom. The number of nitroso groups, excluding NO2 is 1. The molecule has 2 heterocycles. The molecule has 38 heavy (non-hydrogen) atoms. The number of amides is 1. The van der Waals surface area contributed by atoms with Crippen LogP contribution in [-0.2, 0) is 16.1 Å². The highest BCUT2D eigenvalue weighted by molar-refractivity contribution is 6.30. The minimum absolute atomic E-state index is 0.307. The first-order valence-corrected chi connectivity index (χ1v) is 12.5. The number of benzene rings is 2. The number of aliphatic imine (C=N–C) groups is 1. The predicted molar refractivity (Wildman–Crippen MR) is 145 cm³/mol. The fraction of sp³-hybridized carbons (Fsp3) is 0.333. The zero-order valence-corrected chi connectivity index (χ0v) is 22.2.